The second kappa shape index (κ2) is 7.88. The van der Waals surface area contributed by atoms with Crippen molar-refractivity contribution in [1.29, 1.82) is 0 Å². The summed E-state index contributed by atoms with van der Waals surface area (Å²) < 4.78 is 9.24. The Kier molecular flexibility index (Phi) is 5.03. The van der Waals surface area contributed by atoms with Crippen molar-refractivity contribution < 1.29 is 9.84 Å². The van der Waals surface area contributed by atoms with E-state index >= 15 is 0 Å². The van der Waals surface area contributed by atoms with E-state index in [1.807, 2.05) is 32.3 Å². The van der Waals surface area contributed by atoms with Crippen LogP contribution in [-0.2, 0) is 18.4 Å². The first kappa shape index (κ1) is 21.7. The lowest BCUT2D eigenvalue weighted by Crippen LogP contribution is -2.51. The number of halogens is 1. The zero-order valence-electron chi connectivity index (χ0n) is 19.1. The van der Waals surface area contributed by atoms with E-state index in [1.54, 1.807) is 15.6 Å². The smallest absolute Gasteiger partial charge is 0.182 e. The van der Waals surface area contributed by atoms with Crippen molar-refractivity contribution in [3.05, 3.63) is 35.2 Å². The highest BCUT2D eigenvalue weighted by atomic mass is 35.5. The van der Waals surface area contributed by atoms with E-state index in [0.29, 0.717) is 40.0 Å². The maximum atomic E-state index is 10.2. The molecule has 0 radical (unpaired) electrons. The van der Waals surface area contributed by atoms with Gasteiger partial charge in [0.15, 0.2) is 11.5 Å². The maximum Gasteiger partial charge on any atom is 0.182 e. The van der Waals surface area contributed by atoms with Gasteiger partial charge in [-0.1, -0.05) is 11.6 Å². The monoisotopic (exact) mass is 482 g/mol. The Hall–Kier alpha value is -2.79. The Morgan fingerprint density at radius 3 is 2.74 bits per heavy atom. The molecule has 0 saturated carbocycles. The molecule has 4 aromatic rings. The Labute approximate surface area is 201 Å². The molecule has 11 heteroatoms. The van der Waals surface area contributed by atoms with Crippen LogP contribution in [0.25, 0.3) is 27.8 Å². The molecule has 0 aliphatic carbocycles. The number of aryl methyl sites for hydroxylation is 1. The number of aliphatic hydroxyl groups excluding tert-OH is 1. The molecule has 5 heterocycles. The summed E-state index contributed by atoms with van der Waals surface area (Å²) in [6.07, 6.45) is 5.48. The molecule has 2 fully saturated rings. The van der Waals surface area contributed by atoms with Crippen LogP contribution in [0.1, 0.15) is 25.5 Å². The van der Waals surface area contributed by atoms with Gasteiger partial charge in [0, 0.05) is 43.2 Å². The molecule has 3 N–H and O–H groups in total. The Balaban J connectivity index is 1.35. The highest BCUT2D eigenvalue weighted by Crippen LogP contribution is 2.42. The summed E-state index contributed by atoms with van der Waals surface area (Å²) in [4.78, 5) is 11.8. The second-order valence-corrected chi connectivity index (χ2v) is 9.82. The molecular weight excluding hydrogens is 456 g/mol. The standard InChI is InChI=1S/C23H27ClN8O2/c1-13-20(25)23(12-34-13)5-7-31(8-6-23)21-17(11-33)28-22-16(27-21)9-26-32(22)18-4-3-15-14(19(18)24)10-30(2)29-15/h3-4,9-10,13,20,33H,5-8,11-12,25H2,1-2H3/t13-,20+/m0/s1. The minimum Gasteiger partial charge on any atom is -0.390 e. The Bertz CT molecular complexity index is 1390. The first-order valence-electron chi connectivity index (χ1n) is 11.5. The average Bonchev–Trinajstić information content (AvgIpc) is 3.51. The van der Waals surface area contributed by atoms with Gasteiger partial charge in [0.2, 0.25) is 0 Å². The fourth-order valence-corrected chi connectivity index (χ4v) is 5.66. The maximum absolute atomic E-state index is 10.2. The Morgan fingerprint density at radius 1 is 1.24 bits per heavy atom. The lowest BCUT2D eigenvalue weighted by atomic mass is 9.73. The minimum absolute atomic E-state index is 0.0133. The fraction of sp³-hybridized carbons (Fsp3) is 0.478. The van der Waals surface area contributed by atoms with Gasteiger partial charge < -0.3 is 20.5 Å². The van der Waals surface area contributed by atoms with Crippen LogP contribution in [-0.4, -0.2) is 66.5 Å². The number of piperidine rings is 1. The largest absolute Gasteiger partial charge is 0.390 e. The van der Waals surface area contributed by atoms with Crippen LogP contribution in [0.4, 0.5) is 5.82 Å². The number of rotatable bonds is 3. The SMILES string of the molecule is C[C@@H]1OCC2(CCN(c3nc4cnn(-c5ccc6nn(C)cc6c5Cl)c4nc3CO)CC2)[C@@H]1N. The fourth-order valence-electron chi connectivity index (χ4n) is 5.38. The van der Waals surface area contributed by atoms with Crippen LogP contribution in [0.5, 0.6) is 0 Å². The zero-order chi connectivity index (χ0) is 23.6. The van der Waals surface area contributed by atoms with E-state index in [2.05, 4.69) is 15.1 Å². The molecule has 6 rings (SSSR count). The molecule has 3 aromatic heterocycles. The number of aliphatic hydroxyl groups is 1. The van der Waals surface area contributed by atoms with Crippen LogP contribution < -0.4 is 10.6 Å². The lowest BCUT2D eigenvalue weighted by molar-refractivity contribution is 0.0973. The third-order valence-corrected chi connectivity index (χ3v) is 7.85. The molecule has 1 aromatic carbocycles. The molecule has 2 saturated heterocycles. The molecule has 34 heavy (non-hydrogen) atoms. The molecule has 1 spiro atoms. The predicted octanol–water partition coefficient (Wildman–Crippen LogP) is 2.18. The van der Waals surface area contributed by atoms with Gasteiger partial charge in [0.05, 0.1) is 41.7 Å². The molecule has 0 bridgehead atoms. The number of nitrogens with two attached hydrogens (primary N) is 1. The summed E-state index contributed by atoms with van der Waals surface area (Å²) in [6, 6.07) is 3.82. The number of hydrogen-bond donors (Lipinski definition) is 2. The number of ether oxygens (including phenoxy) is 1. The van der Waals surface area contributed by atoms with E-state index in [0.717, 1.165) is 36.8 Å². The molecule has 0 unspecified atom stereocenters. The minimum atomic E-state index is -0.222. The molecule has 2 atom stereocenters. The quantitative estimate of drug-likeness (QED) is 0.456. The van der Waals surface area contributed by atoms with Gasteiger partial charge in [-0.3, -0.25) is 4.68 Å². The van der Waals surface area contributed by atoms with Gasteiger partial charge in [-0.15, -0.1) is 0 Å². The summed E-state index contributed by atoms with van der Waals surface area (Å²) in [5.74, 6) is 0.693. The van der Waals surface area contributed by atoms with Crippen molar-refractivity contribution in [1.82, 2.24) is 29.5 Å². The number of nitrogens with zero attached hydrogens (tertiary/aromatic N) is 7. The topological polar surface area (TPSA) is 120 Å². The van der Waals surface area contributed by atoms with Gasteiger partial charge in [0.25, 0.3) is 0 Å². The summed E-state index contributed by atoms with van der Waals surface area (Å²) in [7, 11) is 1.86. The van der Waals surface area contributed by atoms with Gasteiger partial charge in [-0.2, -0.15) is 10.2 Å². The predicted molar refractivity (Wildman–Crippen MR) is 129 cm³/mol. The van der Waals surface area contributed by atoms with Gasteiger partial charge >= 0.3 is 0 Å². The van der Waals surface area contributed by atoms with Crippen molar-refractivity contribution in [2.24, 2.45) is 18.2 Å². The summed E-state index contributed by atoms with van der Waals surface area (Å²) in [5, 5.41) is 20.5. The number of hydrogen-bond acceptors (Lipinski definition) is 8. The normalized spacial score (nSPS) is 22.4. The lowest BCUT2D eigenvalue weighted by Gasteiger charge is -2.41. The molecule has 2 aliphatic heterocycles. The van der Waals surface area contributed by atoms with Crippen molar-refractivity contribution in [3.63, 3.8) is 0 Å². The number of benzene rings is 1. The second-order valence-electron chi connectivity index (χ2n) is 9.44. The molecule has 178 valence electrons. The van der Waals surface area contributed by atoms with E-state index in [1.165, 1.54) is 0 Å². The van der Waals surface area contributed by atoms with Crippen LogP contribution in [0.15, 0.2) is 24.5 Å². The highest BCUT2D eigenvalue weighted by molar-refractivity contribution is 6.37. The first-order chi connectivity index (χ1) is 16.4. The van der Waals surface area contributed by atoms with Crippen molar-refractivity contribution >= 4 is 39.5 Å². The average molecular weight is 483 g/mol. The van der Waals surface area contributed by atoms with Crippen molar-refractivity contribution in [2.75, 3.05) is 24.6 Å². The van der Waals surface area contributed by atoms with Crippen LogP contribution in [0.3, 0.4) is 0 Å². The van der Waals surface area contributed by atoms with E-state index < -0.39 is 0 Å². The molecule has 10 nitrogen and oxygen atoms in total. The van der Waals surface area contributed by atoms with Crippen LogP contribution >= 0.6 is 11.6 Å². The number of anilines is 1. The number of fused-ring (bicyclic) bond motifs is 2. The van der Waals surface area contributed by atoms with E-state index in [9.17, 15) is 5.11 Å². The van der Waals surface area contributed by atoms with Gasteiger partial charge in [-0.05, 0) is 31.9 Å². The summed E-state index contributed by atoms with van der Waals surface area (Å²) in [6.45, 7) is 4.10. The first-order valence-corrected chi connectivity index (χ1v) is 11.9. The Morgan fingerprint density at radius 2 is 2.03 bits per heavy atom. The molecule has 0 amide bonds. The molecule has 2 aliphatic rings. The number of aromatic nitrogens is 6. The highest BCUT2D eigenvalue weighted by Gasteiger charge is 2.47. The van der Waals surface area contributed by atoms with E-state index in [4.69, 9.17) is 32.0 Å². The van der Waals surface area contributed by atoms with Gasteiger partial charge in [0.1, 0.15) is 11.2 Å². The summed E-state index contributed by atoms with van der Waals surface area (Å²) >= 11 is 6.71. The third kappa shape index (κ3) is 3.20. The van der Waals surface area contributed by atoms with Crippen molar-refractivity contribution in [2.45, 2.75) is 38.5 Å². The van der Waals surface area contributed by atoms with Gasteiger partial charge in [-0.25, -0.2) is 14.6 Å². The third-order valence-electron chi connectivity index (χ3n) is 7.45. The van der Waals surface area contributed by atoms with Crippen LogP contribution in [0.2, 0.25) is 5.02 Å². The molecular formula is C23H27ClN8O2. The van der Waals surface area contributed by atoms with Crippen LogP contribution in [0, 0.1) is 5.41 Å². The van der Waals surface area contributed by atoms with Crippen molar-refractivity contribution in [3.8, 4) is 5.69 Å². The van der Waals surface area contributed by atoms with E-state index in [-0.39, 0.29) is 24.2 Å². The zero-order valence-corrected chi connectivity index (χ0v) is 19.9. The summed E-state index contributed by atoms with van der Waals surface area (Å²) in [5.41, 5.74) is 9.69.